The molecule has 0 N–H and O–H groups in total. The zero-order valence-electron chi connectivity index (χ0n) is 17.4. The number of ether oxygens (including phenoxy) is 2. The molecule has 2 amide bonds. The molecule has 1 spiro atoms. The van der Waals surface area contributed by atoms with E-state index in [1.807, 2.05) is 33.7 Å². The van der Waals surface area contributed by atoms with Crippen molar-refractivity contribution in [3.05, 3.63) is 29.3 Å². The van der Waals surface area contributed by atoms with Crippen molar-refractivity contribution in [3.8, 4) is 5.75 Å². The van der Waals surface area contributed by atoms with Crippen LogP contribution >= 0.6 is 11.8 Å². The molecule has 1 aromatic rings. The quantitative estimate of drug-likeness (QED) is 0.717. The Kier molecular flexibility index (Phi) is 5.67. The molecule has 3 fully saturated rings. The molecule has 162 valence electrons. The van der Waals surface area contributed by atoms with E-state index in [1.54, 1.807) is 0 Å². The Labute approximate surface area is 182 Å². The first-order valence-electron chi connectivity index (χ1n) is 11.2. The normalized spacial score (nSPS) is 24.5. The third-order valence-corrected chi connectivity index (χ3v) is 8.29. The second-order valence-corrected chi connectivity index (χ2v) is 10.5. The minimum absolute atomic E-state index is 0.124. The van der Waals surface area contributed by atoms with E-state index < -0.39 is 0 Å². The van der Waals surface area contributed by atoms with Gasteiger partial charge in [0.05, 0.1) is 23.9 Å². The number of carbonyl (C=O) groups is 2. The molecule has 30 heavy (non-hydrogen) atoms. The number of nitrogens with zero attached hydrogens (tertiary/aromatic N) is 2. The number of rotatable bonds is 5. The number of likely N-dealkylation sites (tertiary alicyclic amines) is 2. The van der Waals surface area contributed by atoms with Gasteiger partial charge < -0.3 is 19.3 Å². The fourth-order valence-electron chi connectivity index (χ4n) is 5.01. The second kappa shape index (κ2) is 8.42. The Hall–Kier alpha value is -1.73. The monoisotopic (exact) mass is 430 g/mol. The summed E-state index contributed by atoms with van der Waals surface area (Å²) in [6, 6.07) is 6.16. The number of carbonyl (C=O) groups excluding carboxylic acids is 2. The summed E-state index contributed by atoms with van der Waals surface area (Å²) in [4.78, 5) is 28.8. The predicted octanol–water partition coefficient (Wildman–Crippen LogP) is 2.28. The van der Waals surface area contributed by atoms with Crippen molar-refractivity contribution in [3.63, 3.8) is 0 Å². The van der Waals surface area contributed by atoms with Gasteiger partial charge in [0.25, 0.3) is 0 Å². The maximum Gasteiger partial charge on any atom is 0.248 e. The SMILES string of the molecule is O=C(CO[C@@H]1CSC2(C1)CN(C(=O)Cc1ccc3c(c1)CCCO3)C2)N1CCCC1. The summed E-state index contributed by atoms with van der Waals surface area (Å²) in [5, 5.41) is 0. The Morgan fingerprint density at radius 1 is 1.13 bits per heavy atom. The fourth-order valence-corrected chi connectivity index (χ4v) is 6.56. The lowest BCUT2D eigenvalue weighted by Gasteiger charge is -2.47. The van der Waals surface area contributed by atoms with Gasteiger partial charge in [-0.25, -0.2) is 0 Å². The molecule has 3 saturated heterocycles. The number of hydrogen-bond donors (Lipinski definition) is 0. The molecular weight excluding hydrogens is 400 g/mol. The smallest absolute Gasteiger partial charge is 0.248 e. The van der Waals surface area contributed by atoms with E-state index in [0.717, 1.165) is 82.0 Å². The third kappa shape index (κ3) is 4.19. The molecule has 0 aliphatic carbocycles. The zero-order valence-corrected chi connectivity index (χ0v) is 18.3. The van der Waals surface area contributed by atoms with Crippen molar-refractivity contribution in [1.82, 2.24) is 9.80 Å². The fraction of sp³-hybridized carbons (Fsp3) is 0.652. The van der Waals surface area contributed by atoms with Crippen LogP contribution in [0.2, 0.25) is 0 Å². The Bertz CT molecular complexity index is 817. The third-order valence-electron chi connectivity index (χ3n) is 6.72. The van der Waals surface area contributed by atoms with E-state index in [2.05, 4.69) is 6.07 Å². The second-order valence-electron chi connectivity index (χ2n) is 9.04. The van der Waals surface area contributed by atoms with Crippen LogP contribution in [0.1, 0.15) is 36.8 Å². The lowest BCUT2D eigenvalue weighted by Crippen LogP contribution is -2.61. The van der Waals surface area contributed by atoms with Crippen molar-refractivity contribution in [2.24, 2.45) is 0 Å². The molecular formula is C23H30N2O4S. The van der Waals surface area contributed by atoms with Crippen LogP contribution in [0, 0.1) is 0 Å². The minimum atomic E-state index is 0.124. The van der Waals surface area contributed by atoms with Crippen LogP contribution in [-0.4, -0.2) is 77.6 Å². The van der Waals surface area contributed by atoms with Crippen LogP contribution in [0.4, 0.5) is 0 Å². The van der Waals surface area contributed by atoms with E-state index in [0.29, 0.717) is 6.42 Å². The number of fused-ring (bicyclic) bond motifs is 1. The Balaban J connectivity index is 1.07. The highest BCUT2D eigenvalue weighted by molar-refractivity contribution is 8.01. The van der Waals surface area contributed by atoms with Crippen LogP contribution in [0.25, 0.3) is 0 Å². The van der Waals surface area contributed by atoms with Crippen LogP contribution < -0.4 is 4.74 Å². The first-order valence-corrected chi connectivity index (χ1v) is 12.1. The summed E-state index contributed by atoms with van der Waals surface area (Å²) >= 11 is 1.91. The average molecular weight is 431 g/mol. The van der Waals surface area contributed by atoms with Crippen LogP contribution in [0.5, 0.6) is 5.75 Å². The van der Waals surface area contributed by atoms with E-state index in [1.165, 1.54) is 5.56 Å². The molecule has 1 atom stereocenters. The lowest BCUT2D eigenvalue weighted by molar-refractivity contribution is -0.137. The highest BCUT2D eigenvalue weighted by atomic mass is 32.2. The van der Waals surface area contributed by atoms with Gasteiger partial charge in [-0.2, -0.15) is 0 Å². The van der Waals surface area contributed by atoms with Gasteiger partial charge in [0.2, 0.25) is 11.8 Å². The van der Waals surface area contributed by atoms with Crippen LogP contribution in [0.3, 0.4) is 0 Å². The number of amides is 2. The number of benzene rings is 1. The molecule has 4 heterocycles. The zero-order chi connectivity index (χ0) is 20.6. The molecule has 1 aromatic carbocycles. The van der Waals surface area contributed by atoms with Crippen LogP contribution in [-0.2, 0) is 27.2 Å². The first-order chi connectivity index (χ1) is 14.6. The molecule has 0 bridgehead atoms. The van der Waals surface area contributed by atoms with Crippen LogP contribution in [0.15, 0.2) is 18.2 Å². The van der Waals surface area contributed by atoms with E-state index in [-0.39, 0.29) is 29.3 Å². The predicted molar refractivity (Wildman–Crippen MR) is 116 cm³/mol. The van der Waals surface area contributed by atoms with Gasteiger partial charge in [0.1, 0.15) is 12.4 Å². The number of thioether (sulfide) groups is 1. The molecule has 5 rings (SSSR count). The highest BCUT2D eigenvalue weighted by Gasteiger charge is 2.50. The van der Waals surface area contributed by atoms with E-state index in [9.17, 15) is 9.59 Å². The van der Waals surface area contributed by atoms with Crippen molar-refractivity contribution in [2.75, 3.05) is 45.1 Å². The summed E-state index contributed by atoms with van der Waals surface area (Å²) in [7, 11) is 0. The minimum Gasteiger partial charge on any atom is -0.493 e. The van der Waals surface area contributed by atoms with Crippen molar-refractivity contribution < 1.29 is 19.1 Å². The summed E-state index contributed by atoms with van der Waals surface area (Å²) in [5.41, 5.74) is 2.30. The number of aryl methyl sites for hydroxylation is 1. The molecule has 0 radical (unpaired) electrons. The van der Waals surface area contributed by atoms with Gasteiger partial charge >= 0.3 is 0 Å². The lowest BCUT2D eigenvalue weighted by atomic mass is 9.92. The van der Waals surface area contributed by atoms with E-state index >= 15 is 0 Å². The summed E-state index contributed by atoms with van der Waals surface area (Å²) in [5.74, 6) is 2.21. The van der Waals surface area contributed by atoms with Gasteiger partial charge in [0, 0.05) is 31.9 Å². The van der Waals surface area contributed by atoms with Crippen molar-refractivity contribution in [1.29, 1.82) is 0 Å². The topological polar surface area (TPSA) is 59.1 Å². The van der Waals surface area contributed by atoms with Gasteiger partial charge in [-0.1, -0.05) is 12.1 Å². The van der Waals surface area contributed by atoms with Gasteiger partial charge in [-0.05, 0) is 49.3 Å². The van der Waals surface area contributed by atoms with Crippen molar-refractivity contribution >= 4 is 23.6 Å². The summed E-state index contributed by atoms with van der Waals surface area (Å²) in [6.45, 7) is 4.33. The molecule has 0 aromatic heterocycles. The Morgan fingerprint density at radius 3 is 2.80 bits per heavy atom. The van der Waals surface area contributed by atoms with Gasteiger partial charge in [-0.3, -0.25) is 9.59 Å². The number of hydrogen-bond acceptors (Lipinski definition) is 5. The Morgan fingerprint density at radius 2 is 1.97 bits per heavy atom. The van der Waals surface area contributed by atoms with E-state index in [4.69, 9.17) is 9.47 Å². The molecule has 4 aliphatic rings. The molecule has 0 saturated carbocycles. The average Bonchev–Trinajstić information content (AvgIpc) is 3.41. The van der Waals surface area contributed by atoms with Gasteiger partial charge in [0.15, 0.2) is 0 Å². The largest absolute Gasteiger partial charge is 0.493 e. The van der Waals surface area contributed by atoms with Gasteiger partial charge in [-0.15, -0.1) is 11.8 Å². The van der Waals surface area contributed by atoms with Crippen molar-refractivity contribution in [2.45, 2.75) is 49.4 Å². The summed E-state index contributed by atoms with van der Waals surface area (Å²) in [6.07, 6.45) is 5.81. The maximum atomic E-state index is 12.8. The molecule has 7 heteroatoms. The first kappa shape index (κ1) is 20.2. The molecule has 6 nitrogen and oxygen atoms in total. The maximum absolute atomic E-state index is 12.8. The standard InChI is InChI=1S/C23H30N2O4S/c26-21(11-17-5-6-20-18(10-17)4-3-9-28-20)25-15-23(16-25)12-19(14-30-23)29-13-22(27)24-7-1-2-8-24/h5-6,10,19H,1-4,7-9,11-16H2/t19-/m0/s1. The summed E-state index contributed by atoms with van der Waals surface area (Å²) < 4.78 is 11.7. The molecule has 4 aliphatic heterocycles. The highest BCUT2D eigenvalue weighted by Crippen LogP contribution is 2.46. The molecule has 0 unspecified atom stereocenters.